The van der Waals surface area contributed by atoms with Gasteiger partial charge in [-0.05, 0) is 29.1 Å². The standard InChI is InChI=1S/C20H16N2OS/c21-12-15-5-3-6-16(11-15)13-24-14-20(23)22-19-10-4-8-17-7-1-2-9-18(17)19/h1-11H,13-14H2,(H,22,23). The predicted molar refractivity (Wildman–Crippen MR) is 99.9 cm³/mol. The van der Waals surface area contributed by atoms with Crippen LogP contribution in [0.1, 0.15) is 11.1 Å². The molecule has 3 aromatic rings. The third-order valence-corrected chi connectivity index (χ3v) is 4.63. The summed E-state index contributed by atoms with van der Waals surface area (Å²) in [6.45, 7) is 0. The second-order valence-corrected chi connectivity index (χ2v) is 6.37. The monoisotopic (exact) mass is 332 g/mol. The molecule has 0 heterocycles. The van der Waals surface area contributed by atoms with Gasteiger partial charge in [0.25, 0.3) is 0 Å². The van der Waals surface area contributed by atoms with Gasteiger partial charge in [0.1, 0.15) is 0 Å². The van der Waals surface area contributed by atoms with E-state index in [4.69, 9.17) is 5.26 Å². The topological polar surface area (TPSA) is 52.9 Å². The Hall–Kier alpha value is -2.77. The van der Waals surface area contributed by atoms with Crippen molar-refractivity contribution in [3.8, 4) is 6.07 Å². The Morgan fingerprint density at radius 3 is 2.71 bits per heavy atom. The zero-order valence-electron chi connectivity index (χ0n) is 13.0. The molecule has 0 aliphatic heterocycles. The molecule has 0 aromatic heterocycles. The fourth-order valence-corrected chi connectivity index (χ4v) is 3.29. The highest BCUT2D eigenvalue weighted by Crippen LogP contribution is 2.23. The first-order valence-electron chi connectivity index (χ1n) is 7.60. The molecule has 3 nitrogen and oxygen atoms in total. The number of benzene rings is 3. The number of thioether (sulfide) groups is 1. The zero-order chi connectivity index (χ0) is 16.8. The summed E-state index contributed by atoms with van der Waals surface area (Å²) >= 11 is 1.54. The largest absolute Gasteiger partial charge is 0.325 e. The van der Waals surface area contributed by atoms with Crippen molar-refractivity contribution >= 4 is 34.1 Å². The van der Waals surface area contributed by atoms with E-state index in [1.807, 2.05) is 60.7 Å². The van der Waals surface area contributed by atoms with Crippen molar-refractivity contribution in [2.24, 2.45) is 0 Å². The number of carbonyl (C=O) groups is 1. The van der Waals surface area contributed by atoms with E-state index in [-0.39, 0.29) is 5.91 Å². The van der Waals surface area contributed by atoms with Gasteiger partial charge in [-0.15, -0.1) is 11.8 Å². The molecule has 118 valence electrons. The van der Waals surface area contributed by atoms with Crippen LogP contribution in [0.2, 0.25) is 0 Å². The lowest BCUT2D eigenvalue weighted by Gasteiger charge is -2.08. The van der Waals surface area contributed by atoms with Crippen LogP contribution in [0.15, 0.2) is 66.7 Å². The maximum Gasteiger partial charge on any atom is 0.234 e. The Morgan fingerprint density at radius 2 is 1.83 bits per heavy atom. The summed E-state index contributed by atoms with van der Waals surface area (Å²) in [5.41, 5.74) is 2.54. The Balaban J connectivity index is 1.58. The second kappa shape index (κ2) is 7.67. The van der Waals surface area contributed by atoms with Gasteiger partial charge >= 0.3 is 0 Å². The molecule has 1 N–H and O–H groups in total. The van der Waals surface area contributed by atoms with Gasteiger partial charge in [0.05, 0.1) is 17.4 Å². The van der Waals surface area contributed by atoms with Crippen LogP contribution in [0.25, 0.3) is 10.8 Å². The Morgan fingerprint density at radius 1 is 1.04 bits per heavy atom. The number of nitrogens with zero attached hydrogens (tertiary/aromatic N) is 1. The predicted octanol–water partition coefficient (Wildman–Crippen LogP) is 4.58. The highest BCUT2D eigenvalue weighted by molar-refractivity contribution is 7.99. The van der Waals surface area contributed by atoms with Crippen molar-refractivity contribution in [1.29, 1.82) is 5.26 Å². The summed E-state index contributed by atoms with van der Waals surface area (Å²) in [6, 6.07) is 23.5. The number of amides is 1. The van der Waals surface area contributed by atoms with Gasteiger partial charge < -0.3 is 5.32 Å². The molecule has 0 aliphatic carbocycles. The van der Waals surface area contributed by atoms with E-state index < -0.39 is 0 Å². The van der Waals surface area contributed by atoms with Gasteiger partial charge in [0.15, 0.2) is 0 Å². The van der Waals surface area contributed by atoms with Crippen LogP contribution >= 0.6 is 11.8 Å². The van der Waals surface area contributed by atoms with Crippen molar-refractivity contribution in [3.05, 3.63) is 77.9 Å². The molecule has 0 aliphatic rings. The van der Waals surface area contributed by atoms with E-state index in [0.29, 0.717) is 17.1 Å². The van der Waals surface area contributed by atoms with Gasteiger partial charge in [-0.25, -0.2) is 0 Å². The van der Waals surface area contributed by atoms with Crippen LogP contribution in [0.5, 0.6) is 0 Å². The Labute approximate surface area is 145 Å². The molecule has 0 atom stereocenters. The molecule has 0 radical (unpaired) electrons. The highest BCUT2D eigenvalue weighted by atomic mass is 32.2. The Kier molecular flexibility index (Phi) is 5.15. The zero-order valence-corrected chi connectivity index (χ0v) is 13.8. The minimum Gasteiger partial charge on any atom is -0.325 e. The van der Waals surface area contributed by atoms with E-state index in [1.165, 1.54) is 11.8 Å². The number of hydrogen-bond donors (Lipinski definition) is 1. The van der Waals surface area contributed by atoms with Gasteiger partial charge in [-0.1, -0.05) is 48.5 Å². The molecule has 0 bridgehead atoms. The van der Waals surface area contributed by atoms with E-state index >= 15 is 0 Å². The van der Waals surface area contributed by atoms with E-state index in [9.17, 15) is 4.79 Å². The van der Waals surface area contributed by atoms with Crippen LogP contribution in [0.4, 0.5) is 5.69 Å². The average Bonchev–Trinajstić information content (AvgIpc) is 2.62. The third kappa shape index (κ3) is 3.95. The van der Waals surface area contributed by atoms with Crippen LogP contribution in [0, 0.1) is 11.3 Å². The molecule has 0 unspecified atom stereocenters. The molecule has 0 fully saturated rings. The molecule has 3 aromatic carbocycles. The smallest absolute Gasteiger partial charge is 0.234 e. The van der Waals surface area contributed by atoms with Gasteiger partial charge in [-0.3, -0.25) is 4.79 Å². The van der Waals surface area contributed by atoms with Crippen LogP contribution in [-0.2, 0) is 10.5 Å². The first-order valence-corrected chi connectivity index (χ1v) is 8.76. The number of rotatable bonds is 5. The van der Waals surface area contributed by atoms with Gasteiger partial charge in [0.2, 0.25) is 5.91 Å². The molecule has 1 amide bonds. The van der Waals surface area contributed by atoms with Crippen molar-refractivity contribution in [3.63, 3.8) is 0 Å². The number of hydrogen-bond acceptors (Lipinski definition) is 3. The van der Waals surface area contributed by atoms with Crippen LogP contribution in [-0.4, -0.2) is 11.7 Å². The summed E-state index contributed by atoms with van der Waals surface area (Å²) in [4.78, 5) is 12.2. The molecule has 3 rings (SSSR count). The lowest BCUT2D eigenvalue weighted by Crippen LogP contribution is -2.14. The maximum absolute atomic E-state index is 12.2. The SMILES string of the molecule is N#Cc1cccc(CSCC(=O)Nc2cccc3ccccc23)c1. The maximum atomic E-state index is 12.2. The van der Waals surface area contributed by atoms with E-state index in [1.54, 1.807) is 6.07 Å². The summed E-state index contributed by atoms with van der Waals surface area (Å²) < 4.78 is 0. The summed E-state index contributed by atoms with van der Waals surface area (Å²) in [7, 11) is 0. The number of nitriles is 1. The lowest BCUT2D eigenvalue weighted by molar-refractivity contribution is -0.113. The summed E-state index contributed by atoms with van der Waals surface area (Å²) in [5, 5.41) is 14.0. The first-order chi connectivity index (χ1) is 11.8. The van der Waals surface area contributed by atoms with Crippen molar-refractivity contribution in [2.45, 2.75) is 5.75 Å². The van der Waals surface area contributed by atoms with Gasteiger partial charge in [-0.2, -0.15) is 5.26 Å². The van der Waals surface area contributed by atoms with E-state index in [2.05, 4.69) is 11.4 Å². The fourth-order valence-electron chi connectivity index (χ4n) is 2.51. The first kappa shape index (κ1) is 16.1. The molecule has 24 heavy (non-hydrogen) atoms. The second-order valence-electron chi connectivity index (χ2n) is 5.38. The minimum atomic E-state index is -0.0206. The molecular weight excluding hydrogens is 316 g/mol. The molecular formula is C20H16N2OS. The molecule has 4 heteroatoms. The summed E-state index contributed by atoms with van der Waals surface area (Å²) in [5.74, 6) is 1.06. The quantitative estimate of drug-likeness (QED) is 0.744. The average molecular weight is 332 g/mol. The highest BCUT2D eigenvalue weighted by Gasteiger charge is 2.06. The number of carbonyl (C=O) groups excluding carboxylic acids is 1. The number of anilines is 1. The normalized spacial score (nSPS) is 10.3. The number of fused-ring (bicyclic) bond motifs is 1. The third-order valence-electron chi connectivity index (χ3n) is 3.62. The molecule has 0 saturated heterocycles. The van der Waals surface area contributed by atoms with Crippen LogP contribution < -0.4 is 5.32 Å². The van der Waals surface area contributed by atoms with Crippen molar-refractivity contribution in [2.75, 3.05) is 11.1 Å². The van der Waals surface area contributed by atoms with Crippen LogP contribution in [0.3, 0.4) is 0 Å². The minimum absolute atomic E-state index is 0.0206. The molecule has 0 spiro atoms. The lowest BCUT2D eigenvalue weighted by atomic mass is 10.1. The van der Waals surface area contributed by atoms with E-state index in [0.717, 1.165) is 22.0 Å². The van der Waals surface area contributed by atoms with Gasteiger partial charge in [0, 0.05) is 16.8 Å². The number of nitrogens with one attached hydrogen (secondary N) is 1. The van der Waals surface area contributed by atoms with Crippen molar-refractivity contribution in [1.82, 2.24) is 0 Å². The Bertz CT molecular complexity index is 909. The summed E-state index contributed by atoms with van der Waals surface area (Å²) in [6.07, 6.45) is 0. The fraction of sp³-hybridized carbons (Fsp3) is 0.100. The molecule has 0 saturated carbocycles. The van der Waals surface area contributed by atoms with Crippen molar-refractivity contribution < 1.29 is 4.79 Å².